The van der Waals surface area contributed by atoms with Gasteiger partial charge in [-0.2, -0.15) is 0 Å². The summed E-state index contributed by atoms with van der Waals surface area (Å²) in [6.07, 6.45) is 3.40. The van der Waals surface area contributed by atoms with Crippen LogP contribution in [-0.4, -0.2) is 36.3 Å². The molecule has 0 radical (unpaired) electrons. The van der Waals surface area contributed by atoms with Gasteiger partial charge in [-0.25, -0.2) is 14.8 Å². The Hall–Kier alpha value is -3.85. The zero-order valence-corrected chi connectivity index (χ0v) is 16.7. The van der Waals surface area contributed by atoms with E-state index in [0.717, 1.165) is 5.56 Å². The lowest BCUT2D eigenvalue weighted by Crippen LogP contribution is -2.26. The third-order valence-electron chi connectivity index (χ3n) is 4.97. The van der Waals surface area contributed by atoms with Crippen LogP contribution < -0.4 is 10.6 Å². The van der Waals surface area contributed by atoms with E-state index < -0.39 is 6.09 Å². The van der Waals surface area contributed by atoms with Gasteiger partial charge in [-0.3, -0.25) is 0 Å². The normalized spacial score (nSPS) is 11.6. The molecule has 0 saturated carbocycles. The van der Waals surface area contributed by atoms with Crippen molar-refractivity contribution in [2.24, 2.45) is 0 Å². The van der Waals surface area contributed by atoms with Crippen molar-refractivity contribution in [1.29, 1.82) is 0 Å². The number of rotatable bonds is 5. The molecule has 0 atom stereocenters. The van der Waals surface area contributed by atoms with Crippen LogP contribution in [0.3, 0.4) is 0 Å². The number of ether oxygens (including phenoxy) is 1. The minimum atomic E-state index is -0.430. The number of nitrogens with zero attached hydrogens (tertiary/aromatic N) is 2. The van der Waals surface area contributed by atoms with Crippen LogP contribution in [0.25, 0.3) is 11.1 Å². The molecule has 6 nitrogen and oxygen atoms in total. The number of nitrogens with one attached hydrogen (secondary N) is 2. The number of amides is 1. The number of aromatic nitrogens is 2. The summed E-state index contributed by atoms with van der Waals surface area (Å²) in [7, 11) is 1.76. The van der Waals surface area contributed by atoms with E-state index in [1.54, 1.807) is 19.4 Å². The van der Waals surface area contributed by atoms with Gasteiger partial charge in [0.05, 0.1) is 5.56 Å². The lowest BCUT2D eigenvalue weighted by Gasteiger charge is -2.14. The summed E-state index contributed by atoms with van der Waals surface area (Å²) < 4.78 is 5.50. The molecule has 2 N–H and O–H groups in total. The van der Waals surface area contributed by atoms with Gasteiger partial charge in [-0.15, -0.1) is 0 Å². The Bertz CT molecular complexity index is 1050. The fourth-order valence-electron chi connectivity index (χ4n) is 3.56. The molecule has 0 fully saturated rings. The number of alkyl carbamates (subject to hydrolysis) is 1. The maximum atomic E-state index is 12.1. The predicted molar refractivity (Wildman–Crippen MR) is 116 cm³/mol. The number of fused-ring (bicyclic) bond motifs is 3. The van der Waals surface area contributed by atoms with Crippen molar-refractivity contribution in [2.45, 2.75) is 12.3 Å². The lowest BCUT2D eigenvalue weighted by molar-refractivity contribution is 0.143. The predicted octanol–water partition coefficient (Wildman–Crippen LogP) is 3.80. The molecule has 1 heterocycles. The molecule has 2 aromatic carbocycles. The van der Waals surface area contributed by atoms with E-state index in [0.29, 0.717) is 25.5 Å². The molecule has 3 aromatic rings. The van der Waals surface area contributed by atoms with Crippen LogP contribution in [-0.2, 0) is 4.74 Å². The highest BCUT2D eigenvalue weighted by Gasteiger charge is 2.28. The fourth-order valence-corrected chi connectivity index (χ4v) is 3.56. The van der Waals surface area contributed by atoms with Crippen molar-refractivity contribution >= 4 is 12.0 Å². The summed E-state index contributed by atoms with van der Waals surface area (Å²) >= 11 is 0. The van der Waals surface area contributed by atoms with Gasteiger partial charge < -0.3 is 15.4 Å². The molecule has 0 bridgehead atoms. The number of carbonyl (C=O) groups is 1. The maximum absolute atomic E-state index is 12.1. The quantitative estimate of drug-likeness (QED) is 0.505. The topological polar surface area (TPSA) is 76.1 Å². The molecule has 1 amide bonds. The molecule has 1 aromatic heterocycles. The highest BCUT2D eigenvalue weighted by molar-refractivity contribution is 5.79. The first-order valence-electron chi connectivity index (χ1n) is 9.84. The number of hydrogen-bond donors (Lipinski definition) is 2. The first kappa shape index (κ1) is 19.5. The van der Waals surface area contributed by atoms with Crippen molar-refractivity contribution in [3.63, 3.8) is 0 Å². The molecule has 1 aliphatic rings. The first-order valence-corrected chi connectivity index (χ1v) is 9.84. The monoisotopic (exact) mass is 398 g/mol. The highest BCUT2D eigenvalue weighted by Crippen LogP contribution is 2.44. The summed E-state index contributed by atoms with van der Waals surface area (Å²) in [6, 6.07) is 16.5. The summed E-state index contributed by atoms with van der Waals surface area (Å²) in [5.74, 6) is 6.58. The van der Waals surface area contributed by atoms with E-state index in [2.05, 4.69) is 56.7 Å². The third kappa shape index (κ3) is 4.26. The Morgan fingerprint density at radius 2 is 1.67 bits per heavy atom. The molecule has 0 spiro atoms. The van der Waals surface area contributed by atoms with E-state index >= 15 is 0 Å². The lowest BCUT2D eigenvalue weighted by atomic mass is 9.98. The van der Waals surface area contributed by atoms with Gasteiger partial charge in [0.15, 0.2) is 0 Å². The summed E-state index contributed by atoms with van der Waals surface area (Å²) in [4.78, 5) is 20.3. The number of anilines is 1. The molecule has 30 heavy (non-hydrogen) atoms. The number of benzene rings is 2. The average molecular weight is 398 g/mol. The van der Waals surface area contributed by atoms with E-state index in [9.17, 15) is 4.79 Å². The van der Waals surface area contributed by atoms with E-state index in [4.69, 9.17) is 4.74 Å². The van der Waals surface area contributed by atoms with E-state index in [-0.39, 0.29) is 5.92 Å². The van der Waals surface area contributed by atoms with Gasteiger partial charge in [0, 0.05) is 38.3 Å². The van der Waals surface area contributed by atoms with Crippen molar-refractivity contribution in [3.05, 3.63) is 77.6 Å². The zero-order valence-electron chi connectivity index (χ0n) is 16.7. The summed E-state index contributed by atoms with van der Waals surface area (Å²) in [5.41, 5.74) is 5.55. The second-order valence-corrected chi connectivity index (χ2v) is 6.85. The Balaban J connectivity index is 1.27. The standard InChI is InChI=1S/C24H22N4O2/c1-25-23-27-14-17(15-28-23)8-6-7-13-26-24(29)30-16-22-20-11-4-2-9-18(20)19-10-3-5-12-21(19)22/h2-5,9-12,14-15,22H,7,13,16H2,1H3,(H,26,29)(H,25,27,28). The molecular weight excluding hydrogens is 376 g/mol. The SMILES string of the molecule is CNc1ncc(C#CCCNC(=O)OCC2c3ccccc3-c3ccccc32)cn1. The Kier molecular flexibility index (Phi) is 5.90. The van der Waals surface area contributed by atoms with Crippen molar-refractivity contribution < 1.29 is 9.53 Å². The first-order chi connectivity index (χ1) is 14.8. The van der Waals surface area contributed by atoms with Crippen LogP contribution in [0.5, 0.6) is 0 Å². The summed E-state index contributed by atoms with van der Waals surface area (Å²) in [6.45, 7) is 0.722. The molecule has 6 heteroatoms. The fraction of sp³-hybridized carbons (Fsp3) is 0.208. The van der Waals surface area contributed by atoms with Crippen molar-refractivity contribution in [1.82, 2.24) is 15.3 Å². The number of hydrogen-bond acceptors (Lipinski definition) is 5. The average Bonchev–Trinajstić information content (AvgIpc) is 3.12. The Morgan fingerprint density at radius 3 is 2.30 bits per heavy atom. The molecule has 0 saturated heterocycles. The van der Waals surface area contributed by atoms with Crippen LogP contribution in [0.1, 0.15) is 29.0 Å². The van der Waals surface area contributed by atoms with Crippen LogP contribution in [0, 0.1) is 11.8 Å². The van der Waals surface area contributed by atoms with Gasteiger partial charge in [0.1, 0.15) is 6.61 Å². The van der Waals surface area contributed by atoms with Gasteiger partial charge in [-0.05, 0) is 22.3 Å². The van der Waals surface area contributed by atoms with Crippen LogP contribution in [0.2, 0.25) is 0 Å². The van der Waals surface area contributed by atoms with Crippen molar-refractivity contribution in [3.8, 4) is 23.0 Å². The summed E-state index contributed by atoms with van der Waals surface area (Å²) in [5, 5.41) is 5.61. The molecule has 4 rings (SSSR count). The second kappa shape index (κ2) is 9.10. The van der Waals surface area contributed by atoms with Crippen LogP contribution in [0.15, 0.2) is 60.9 Å². The van der Waals surface area contributed by atoms with Crippen LogP contribution in [0.4, 0.5) is 10.7 Å². The number of carbonyl (C=O) groups excluding carboxylic acids is 1. The Labute approximate surface area is 175 Å². The van der Waals surface area contributed by atoms with Gasteiger partial charge >= 0.3 is 6.09 Å². The second-order valence-electron chi connectivity index (χ2n) is 6.85. The molecule has 0 aliphatic heterocycles. The third-order valence-corrected chi connectivity index (χ3v) is 4.97. The molecule has 1 aliphatic carbocycles. The van der Waals surface area contributed by atoms with Gasteiger partial charge in [0.2, 0.25) is 5.95 Å². The van der Waals surface area contributed by atoms with Crippen LogP contribution >= 0.6 is 0 Å². The van der Waals surface area contributed by atoms with Crippen molar-refractivity contribution in [2.75, 3.05) is 25.5 Å². The Morgan fingerprint density at radius 1 is 1.03 bits per heavy atom. The smallest absolute Gasteiger partial charge is 0.407 e. The molecule has 0 unspecified atom stereocenters. The maximum Gasteiger partial charge on any atom is 0.407 e. The zero-order chi connectivity index (χ0) is 20.8. The highest BCUT2D eigenvalue weighted by atomic mass is 16.5. The van der Waals surface area contributed by atoms with Gasteiger partial charge in [-0.1, -0.05) is 60.4 Å². The molecule has 150 valence electrons. The van der Waals surface area contributed by atoms with E-state index in [1.165, 1.54) is 22.3 Å². The minimum absolute atomic E-state index is 0.0588. The van der Waals surface area contributed by atoms with E-state index in [1.807, 2.05) is 24.3 Å². The minimum Gasteiger partial charge on any atom is -0.449 e. The van der Waals surface area contributed by atoms with Gasteiger partial charge in [0.25, 0.3) is 0 Å². The molecular formula is C24H22N4O2. The largest absolute Gasteiger partial charge is 0.449 e.